The molecule has 1 aliphatic carbocycles. The maximum absolute atomic E-state index is 12.9. The second-order valence-electron chi connectivity index (χ2n) is 9.21. The molecule has 15 heteroatoms. The Kier molecular flexibility index (Phi) is 5.89. The fourth-order valence-corrected chi connectivity index (χ4v) is 5.07. The van der Waals surface area contributed by atoms with E-state index in [0.717, 1.165) is 4.90 Å². The van der Waals surface area contributed by atoms with Crippen LogP contribution in [0.2, 0.25) is 0 Å². The summed E-state index contributed by atoms with van der Waals surface area (Å²) < 4.78 is 0. The minimum Gasteiger partial charge on any atom is -0.504 e. The Morgan fingerprint density at radius 1 is 0.703 bits per heavy atom. The lowest BCUT2D eigenvalue weighted by atomic mass is 9.82. The number of ketones is 1. The van der Waals surface area contributed by atoms with E-state index in [0.29, 0.717) is 0 Å². The van der Waals surface area contributed by atoms with Crippen molar-refractivity contribution in [3.05, 3.63) is 16.7 Å². The number of likely N-dealkylation sites (tertiary alicyclic amines) is 1. The maximum atomic E-state index is 12.9. The normalized spacial score (nSPS) is 20.3. The Morgan fingerprint density at radius 2 is 1.14 bits per heavy atom. The van der Waals surface area contributed by atoms with Crippen molar-refractivity contribution in [2.45, 2.75) is 31.0 Å². The van der Waals surface area contributed by atoms with Gasteiger partial charge in [-0.3, -0.25) is 4.79 Å². The number of hydrogen-bond donors (Lipinski definition) is 13. The second kappa shape index (κ2) is 8.32. The molecule has 4 rings (SSSR count). The molecular formula is C22H25NO14. The molecule has 1 fully saturated rings. The van der Waals surface area contributed by atoms with Gasteiger partial charge >= 0.3 is 0 Å². The number of carbonyl (C=O) groups excluding carboxylic acids is 1. The lowest BCUT2D eigenvalue weighted by Crippen LogP contribution is -2.50. The van der Waals surface area contributed by atoms with Crippen molar-refractivity contribution >= 4 is 5.78 Å². The van der Waals surface area contributed by atoms with Crippen molar-refractivity contribution in [2.24, 2.45) is 11.8 Å². The number of aliphatic hydroxyl groups is 4. The van der Waals surface area contributed by atoms with Crippen molar-refractivity contribution in [3.63, 3.8) is 0 Å². The van der Waals surface area contributed by atoms with Crippen molar-refractivity contribution in [3.8, 4) is 51.7 Å². The van der Waals surface area contributed by atoms with Crippen LogP contribution < -0.4 is 0 Å². The van der Waals surface area contributed by atoms with Crippen LogP contribution in [0.3, 0.4) is 0 Å². The van der Waals surface area contributed by atoms with Crippen molar-refractivity contribution in [1.29, 1.82) is 0 Å². The van der Waals surface area contributed by atoms with E-state index >= 15 is 0 Å². The molecule has 2 aromatic carbocycles. The number of Topliss-reactive ketones (excluding diaryl/α,β-unsaturated/α-hetero) is 1. The molecule has 0 radical (unpaired) electrons. The predicted molar refractivity (Wildman–Crippen MR) is 117 cm³/mol. The standard InChI is InChI=1S/C22H25NO14/c24-11-7(21(34,35)9-8(11)12(25)16(29)17(30)13(9)26)5-6-1-3-23(4-2-6)22(36,37)10-14(27)18(31)20(33)19(32)15(10)28/h6-7,25-37H,1-5H2. The third kappa shape index (κ3) is 3.59. The van der Waals surface area contributed by atoms with Crippen molar-refractivity contribution in [1.82, 2.24) is 4.90 Å². The third-order valence-corrected chi connectivity index (χ3v) is 7.14. The third-order valence-electron chi connectivity index (χ3n) is 7.14. The largest absolute Gasteiger partial charge is 0.504 e. The molecule has 37 heavy (non-hydrogen) atoms. The number of aromatic hydroxyl groups is 9. The molecule has 1 atom stereocenters. The summed E-state index contributed by atoms with van der Waals surface area (Å²) in [4.78, 5) is 13.8. The summed E-state index contributed by atoms with van der Waals surface area (Å²) in [6.45, 7) is -0.372. The van der Waals surface area contributed by atoms with Crippen LogP contribution >= 0.6 is 0 Å². The number of carbonyl (C=O) groups is 1. The van der Waals surface area contributed by atoms with Gasteiger partial charge in [-0.05, 0) is 25.2 Å². The monoisotopic (exact) mass is 527 g/mol. The Morgan fingerprint density at radius 3 is 1.65 bits per heavy atom. The van der Waals surface area contributed by atoms with Crippen LogP contribution in [0, 0.1) is 11.8 Å². The molecule has 0 spiro atoms. The Balaban J connectivity index is 1.55. The van der Waals surface area contributed by atoms with E-state index in [9.17, 15) is 71.2 Å². The van der Waals surface area contributed by atoms with Gasteiger partial charge in [-0.25, -0.2) is 4.90 Å². The van der Waals surface area contributed by atoms with Gasteiger partial charge < -0.3 is 66.4 Å². The van der Waals surface area contributed by atoms with E-state index in [1.807, 2.05) is 0 Å². The minimum atomic E-state index is -3.15. The zero-order valence-corrected chi connectivity index (χ0v) is 18.9. The first-order valence-corrected chi connectivity index (χ1v) is 10.9. The van der Waals surface area contributed by atoms with Crippen LogP contribution in [0.1, 0.15) is 40.7 Å². The summed E-state index contributed by atoms with van der Waals surface area (Å²) in [5.74, 6) is -20.6. The van der Waals surface area contributed by atoms with Crippen molar-refractivity contribution in [2.75, 3.05) is 13.1 Å². The van der Waals surface area contributed by atoms with Crippen LogP contribution in [0.4, 0.5) is 0 Å². The zero-order valence-electron chi connectivity index (χ0n) is 18.9. The number of piperidine rings is 1. The highest BCUT2D eigenvalue weighted by Gasteiger charge is 2.55. The second-order valence-corrected chi connectivity index (χ2v) is 9.21. The molecule has 2 aliphatic rings. The van der Waals surface area contributed by atoms with Crippen LogP contribution in [0.25, 0.3) is 0 Å². The minimum absolute atomic E-state index is 0.0745. The van der Waals surface area contributed by atoms with E-state index in [4.69, 9.17) is 0 Å². The van der Waals surface area contributed by atoms with Gasteiger partial charge in [-0.1, -0.05) is 0 Å². The van der Waals surface area contributed by atoms with Gasteiger partial charge in [0, 0.05) is 13.1 Å². The summed E-state index contributed by atoms with van der Waals surface area (Å²) in [5, 5.41) is 131. The van der Waals surface area contributed by atoms with Gasteiger partial charge in [0.1, 0.15) is 5.56 Å². The van der Waals surface area contributed by atoms with Gasteiger partial charge in [-0.15, -0.1) is 0 Å². The molecule has 0 saturated carbocycles. The Hall–Kier alpha value is -3.89. The number of hydrogen-bond acceptors (Lipinski definition) is 15. The summed E-state index contributed by atoms with van der Waals surface area (Å²) >= 11 is 0. The molecule has 1 saturated heterocycles. The first-order chi connectivity index (χ1) is 17.0. The number of phenolic OH excluding ortho intramolecular Hbond substituents is 9. The number of fused-ring (bicyclic) bond motifs is 1. The van der Waals surface area contributed by atoms with E-state index in [-0.39, 0.29) is 32.4 Å². The summed E-state index contributed by atoms with van der Waals surface area (Å²) in [6.07, 6.45) is -0.0911. The molecule has 2 aromatic rings. The van der Waals surface area contributed by atoms with Gasteiger partial charge in [0.2, 0.25) is 34.5 Å². The molecule has 0 bridgehead atoms. The Bertz CT molecular complexity index is 1270. The maximum Gasteiger partial charge on any atom is 0.261 e. The summed E-state index contributed by atoms with van der Waals surface area (Å²) in [7, 11) is 0. The molecule has 202 valence electrons. The number of phenols is 9. The highest BCUT2D eigenvalue weighted by molar-refractivity contribution is 6.07. The fourth-order valence-electron chi connectivity index (χ4n) is 5.07. The predicted octanol–water partition coefficient (Wildman–Crippen LogP) is -1.12. The van der Waals surface area contributed by atoms with Gasteiger partial charge in [-0.2, -0.15) is 0 Å². The Labute approximate surface area is 206 Å². The highest BCUT2D eigenvalue weighted by atomic mass is 16.5. The lowest BCUT2D eigenvalue weighted by molar-refractivity contribution is -0.282. The highest BCUT2D eigenvalue weighted by Crippen LogP contribution is 2.57. The molecule has 1 heterocycles. The van der Waals surface area contributed by atoms with E-state index in [1.54, 1.807) is 0 Å². The smallest absolute Gasteiger partial charge is 0.261 e. The average Bonchev–Trinajstić information content (AvgIpc) is 3.04. The van der Waals surface area contributed by atoms with E-state index in [1.165, 1.54) is 0 Å². The van der Waals surface area contributed by atoms with Gasteiger partial charge in [0.25, 0.3) is 5.91 Å². The first-order valence-electron chi connectivity index (χ1n) is 10.9. The first kappa shape index (κ1) is 26.2. The van der Waals surface area contributed by atoms with Crippen LogP contribution in [-0.2, 0) is 11.7 Å². The molecule has 0 aromatic heterocycles. The molecule has 15 nitrogen and oxygen atoms in total. The van der Waals surface area contributed by atoms with Crippen LogP contribution in [0.5, 0.6) is 51.7 Å². The number of rotatable bonds is 4. The summed E-state index contributed by atoms with van der Waals surface area (Å²) in [5.41, 5.74) is -2.73. The topological polar surface area (TPSA) is 283 Å². The lowest BCUT2D eigenvalue weighted by Gasteiger charge is -2.41. The number of benzene rings is 2. The molecule has 13 N–H and O–H groups in total. The van der Waals surface area contributed by atoms with Crippen LogP contribution in [-0.4, -0.2) is 90.2 Å². The quantitative estimate of drug-likeness (QED) is 0.127. The van der Waals surface area contributed by atoms with E-state index < -0.39 is 97.8 Å². The van der Waals surface area contributed by atoms with Crippen molar-refractivity contribution < 1.29 is 71.2 Å². The van der Waals surface area contributed by atoms with E-state index in [2.05, 4.69) is 0 Å². The van der Waals surface area contributed by atoms with Crippen LogP contribution in [0.15, 0.2) is 0 Å². The average molecular weight is 527 g/mol. The molecular weight excluding hydrogens is 502 g/mol. The van der Waals surface area contributed by atoms with Gasteiger partial charge in [0.05, 0.1) is 17.0 Å². The zero-order chi connectivity index (χ0) is 27.8. The number of nitrogens with zero attached hydrogens (tertiary/aromatic N) is 1. The molecule has 0 amide bonds. The molecule has 1 unspecified atom stereocenters. The SMILES string of the molecule is O=C1c2c(O)c(O)c(O)c(O)c2C(O)(O)C1CC1CCN(C(O)(O)c2c(O)c(O)c(O)c(O)c2O)CC1. The molecule has 1 aliphatic heterocycles. The van der Waals surface area contributed by atoms with Gasteiger partial charge in [0.15, 0.2) is 28.8 Å². The fraction of sp³-hybridized carbons (Fsp3) is 0.409. The summed E-state index contributed by atoms with van der Waals surface area (Å²) in [6, 6.07) is 0.